The summed E-state index contributed by atoms with van der Waals surface area (Å²) in [5.74, 6) is 1.83. The Hall–Kier alpha value is -6.92. The molecule has 0 bridgehead atoms. The molecule has 0 aliphatic rings. The Bertz CT molecular complexity index is 2820. The van der Waals surface area contributed by atoms with Gasteiger partial charge in [-0.25, -0.2) is 15.0 Å². The lowest BCUT2D eigenvalue weighted by atomic mass is 9.99. The van der Waals surface area contributed by atoms with E-state index in [2.05, 4.69) is 107 Å². The molecule has 0 aliphatic heterocycles. The number of furan rings is 1. The van der Waals surface area contributed by atoms with Crippen LogP contribution in [0.15, 0.2) is 168 Å². The highest BCUT2D eigenvalue weighted by molar-refractivity contribution is 6.12. The van der Waals surface area contributed by atoms with Crippen molar-refractivity contribution in [3.8, 4) is 51.0 Å². The largest absolute Gasteiger partial charge is 0.456 e. The van der Waals surface area contributed by atoms with Crippen LogP contribution in [0.4, 0.5) is 0 Å². The van der Waals surface area contributed by atoms with Crippen molar-refractivity contribution in [1.29, 1.82) is 0 Å². The Kier molecular flexibility index (Phi) is 6.39. The van der Waals surface area contributed by atoms with Crippen LogP contribution in [0.1, 0.15) is 0 Å². The number of pyridine rings is 1. The average Bonchev–Trinajstić information content (AvgIpc) is 3.74. The van der Waals surface area contributed by atoms with E-state index in [0.29, 0.717) is 17.5 Å². The molecule has 0 spiro atoms. The average molecular weight is 642 g/mol. The molecule has 0 N–H and O–H groups in total. The van der Waals surface area contributed by atoms with Crippen molar-refractivity contribution in [2.24, 2.45) is 0 Å². The molecule has 10 rings (SSSR count). The molecule has 0 fully saturated rings. The first-order valence-corrected chi connectivity index (χ1v) is 16.6. The minimum atomic E-state index is 0.605. The fourth-order valence-electron chi connectivity index (χ4n) is 7.09. The fraction of sp³-hybridized carbons (Fsp3) is 0. The van der Waals surface area contributed by atoms with Gasteiger partial charge in [0.25, 0.3) is 0 Å². The quantitative estimate of drug-likeness (QED) is 0.187. The molecule has 0 saturated heterocycles. The summed E-state index contributed by atoms with van der Waals surface area (Å²) in [4.78, 5) is 19.6. The van der Waals surface area contributed by atoms with E-state index in [0.717, 1.165) is 66.5 Å². The summed E-state index contributed by atoms with van der Waals surface area (Å²) in [6, 6.07) is 52.0. The summed E-state index contributed by atoms with van der Waals surface area (Å²) in [5.41, 5.74) is 9.83. The first-order chi connectivity index (χ1) is 24.8. The van der Waals surface area contributed by atoms with Crippen molar-refractivity contribution in [2.75, 3.05) is 0 Å². The summed E-state index contributed by atoms with van der Waals surface area (Å²) in [6.07, 6.45) is 3.63. The first kappa shape index (κ1) is 28.1. The molecule has 0 aliphatic carbocycles. The van der Waals surface area contributed by atoms with Crippen molar-refractivity contribution in [3.05, 3.63) is 164 Å². The third kappa shape index (κ3) is 4.50. The molecule has 6 aromatic carbocycles. The van der Waals surface area contributed by atoms with Crippen LogP contribution in [0.2, 0.25) is 0 Å². The lowest BCUT2D eigenvalue weighted by molar-refractivity contribution is 0.668. The molecule has 50 heavy (non-hydrogen) atoms. The molecule has 6 heteroatoms. The number of nitrogens with zero attached hydrogens (tertiary/aromatic N) is 5. The third-order valence-electron chi connectivity index (χ3n) is 9.38. The molecule has 234 valence electrons. The van der Waals surface area contributed by atoms with E-state index < -0.39 is 0 Å². The van der Waals surface area contributed by atoms with E-state index in [9.17, 15) is 0 Å². The standard InChI is InChI=1S/C44H27N5O/c1-2-11-29(12-3-1)42-46-43(30-23-21-28(22-24-30)31-16-10-20-40-41(31)35-27-45-26-25-39(35)50-40)48-44(47-42)34-15-6-9-19-38(34)49-36-17-7-4-13-32(36)33-14-5-8-18-37(33)49/h1-27H. The second-order valence-electron chi connectivity index (χ2n) is 12.3. The maximum Gasteiger partial charge on any atom is 0.166 e. The van der Waals surface area contributed by atoms with Crippen LogP contribution in [-0.2, 0) is 0 Å². The van der Waals surface area contributed by atoms with Crippen molar-refractivity contribution in [2.45, 2.75) is 0 Å². The van der Waals surface area contributed by atoms with Crippen LogP contribution in [0.5, 0.6) is 0 Å². The van der Waals surface area contributed by atoms with E-state index in [-0.39, 0.29) is 0 Å². The van der Waals surface area contributed by atoms with Crippen LogP contribution < -0.4 is 0 Å². The van der Waals surface area contributed by atoms with Gasteiger partial charge in [0.15, 0.2) is 17.5 Å². The van der Waals surface area contributed by atoms with Gasteiger partial charge in [0.05, 0.1) is 16.7 Å². The zero-order valence-electron chi connectivity index (χ0n) is 26.7. The van der Waals surface area contributed by atoms with E-state index >= 15 is 0 Å². The van der Waals surface area contributed by atoms with Crippen LogP contribution in [0, 0.1) is 0 Å². The van der Waals surface area contributed by atoms with E-state index in [1.54, 1.807) is 6.20 Å². The minimum absolute atomic E-state index is 0.605. The van der Waals surface area contributed by atoms with Gasteiger partial charge < -0.3 is 8.98 Å². The van der Waals surface area contributed by atoms with Gasteiger partial charge in [0.2, 0.25) is 0 Å². The molecule has 4 aromatic heterocycles. The second-order valence-corrected chi connectivity index (χ2v) is 12.3. The van der Waals surface area contributed by atoms with Crippen molar-refractivity contribution < 1.29 is 4.42 Å². The van der Waals surface area contributed by atoms with Gasteiger partial charge in [-0.05, 0) is 47.5 Å². The molecule has 0 amide bonds. The smallest absolute Gasteiger partial charge is 0.166 e. The molecular weight excluding hydrogens is 615 g/mol. The van der Waals surface area contributed by atoms with Gasteiger partial charge >= 0.3 is 0 Å². The van der Waals surface area contributed by atoms with Gasteiger partial charge in [0.1, 0.15) is 11.2 Å². The Morgan fingerprint density at radius 2 is 1.02 bits per heavy atom. The Morgan fingerprint density at radius 3 is 1.78 bits per heavy atom. The SMILES string of the molecule is c1ccc(-c2nc(-c3ccc(-c4cccc5oc6ccncc6c45)cc3)nc(-c3ccccc3-n3c4ccccc4c4ccccc43)n2)cc1. The monoisotopic (exact) mass is 641 g/mol. The summed E-state index contributed by atoms with van der Waals surface area (Å²) in [5, 5.41) is 4.46. The normalized spacial score (nSPS) is 11.6. The topological polar surface area (TPSA) is 69.6 Å². The number of benzene rings is 6. The summed E-state index contributed by atoms with van der Waals surface area (Å²) >= 11 is 0. The van der Waals surface area contributed by atoms with Crippen molar-refractivity contribution in [3.63, 3.8) is 0 Å². The Morgan fingerprint density at radius 1 is 0.420 bits per heavy atom. The number of hydrogen-bond donors (Lipinski definition) is 0. The van der Waals surface area contributed by atoms with Gasteiger partial charge in [-0.3, -0.25) is 4.98 Å². The van der Waals surface area contributed by atoms with Crippen LogP contribution in [-0.4, -0.2) is 24.5 Å². The molecule has 0 saturated carbocycles. The van der Waals surface area contributed by atoms with Gasteiger partial charge in [-0.15, -0.1) is 0 Å². The van der Waals surface area contributed by atoms with E-state index in [1.807, 2.05) is 60.8 Å². The number of para-hydroxylation sites is 3. The molecular formula is C44H27N5O. The highest BCUT2D eigenvalue weighted by atomic mass is 16.3. The van der Waals surface area contributed by atoms with Crippen LogP contribution >= 0.6 is 0 Å². The highest BCUT2D eigenvalue weighted by Crippen LogP contribution is 2.38. The lowest BCUT2D eigenvalue weighted by Gasteiger charge is -2.14. The van der Waals surface area contributed by atoms with Gasteiger partial charge in [-0.2, -0.15) is 0 Å². The molecule has 0 radical (unpaired) electrons. The predicted octanol–water partition coefficient (Wildman–Crippen LogP) is 10.9. The molecule has 6 nitrogen and oxygen atoms in total. The Labute approximate surface area is 287 Å². The third-order valence-corrected chi connectivity index (χ3v) is 9.38. The van der Waals surface area contributed by atoms with Crippen molar-refractivity contribution in [1.82, 2.24) is 24.5 Å². The zero-order valence-corrected chi connectivity index (χ0v) is 26.7. The Balaban J connectivity index is 1.14. The zero-order chi connectivity index (χ0) is 33.0. The van der Waals surface area contributed by atoms with Gasteiger partial charge in [0, 0.05) is 50.6 Å². The van der Waals surface area contributed by atoms with E-state index in [1.165, 1.54) is 10.8 Å². The minimum Gasteiger partial charge on any atom is -0.456 e. The number of rotatable bonds is 5. The summed E-state index contributed by atoms with van der Waals surface area (Å²) in [6.45, 7) is 0. The van der Waals surface area contributed by atoms with Crippen LogP contribution in [0.25, 0.3) is 94.7 Å². The second kappa shape index (κ2) is 11.4. The van der Waals surface area contributed by atoms with Gasteiger partial charge in [-0.1, -0.05) is 115 Å². The van der Waals surface area contributed by atoms with Crippen LogP contribution in [0.3, 0.4) is 0 Å². The number of hydrogen-bond acceptors (Lipinski definition) is 5. The maximum atomic E-state index is 6.13. The summed E-state index contributed by atoms with van der Waals surface area (Å²) < 4.78 is 8.45. The fourth-order valence-corrected chi connectivity index (χ4v) is 7.09. The maximum absolute atomic E-state index is 6.13. The number of fused-ring (bicyclic) bond motifs is 6. The molecule has 4 heterocycles. The predicted molar refractivity (Wildman–Crippen MR) is 201 cm³/mol. The summed E-state index contributed by atoms with van der Waals surface area (Å²) in [7, 11) is 0. The number of aromatic nitrogens is 5. The van der Waals surface area contributed by atoms with E-state index in [4.69, 9.17) is 19.4 Å². The van der Waals surface area contributed by atoms with Crippen molar-refractivity contribution >= 4 is 43.7 Å². The molecule has 10 aromatic rings. The highest BCUT2D eigenvalue weighted by Gasteiger charge is 2.19. The lowest BCUT2D eigenvalue weighted by Crippen LogP contribution is -2.03. The molecule has 0 atom stereocenters. The first-order valence-electron chi connectivity index (χ1n) is 16.6. The molecule has 0 unspecified atom stereocenters.